The van der Waals surface area contributed by atoms with Crippen molar-refractivity contribution >= 4 is 17.7 Å². The molecule has 4 N–H and O–H groups in total. The van der Waals surface area contributed by atoms with E-state index in [-0.39, 0.29) is 37.9 Å². The highest BCUT2D eigenvalue weighted by Crippen LogP contribution is 2.16. The van der Waals surface area contributed by atoms with Gasteiger partial charge in [0.05, 0.1) is 25.2 Å². The Labute approximate surface area is 179 Å². The maximum Gasteiger partial charge on any atom is 0.224 e. The Hall–Kier alpha value is -2.00. The molecule has 0 aliphatic carbocycles. The summed E-state index contributed by atoms with van der Waals surface area (Å²) in [6.07, 6.45) is 1.13. The Morgan fingerprint density at radius 3 is 2.30 bits per heavy atom. The lowest BCUT2D eigenvalue weighted by atomic mass is 10.00. The molecule has 1 unspecified atom stereocenters. The highest BCUT2D eigenvalue weighted by atomic mass is 32.2. The van der Waals surface area contributed by atoms with E-state index in [2.05, 4.69) is 10.6 Å². The largest absolute Gasteiger partial charge is 0.395 e. The number of hydrogen-bond acceptors (Lipinski definition) is 5. The zero-order chi connectivity index (χ0) is 22.1. The van der Waals surface area contributed by atoms with Crippen molar-refractivity contribution in [2.24, 2.45) is 0 Å². The van der Waals surface area contributed by atoms with E-state index in [0.717, 1.165) is 16.5 Å². The monoisotopic (exact) mass is 438 g/mol. The molecule has 0 radical (unpaired) electrons. The number of hydrogen-bond donors (Lipinski definition) is 4. The second-order valence-electron chi connectivity index (χ2n) is 7.24. The molecule has 0 heterocycles. The molecule has 164 valence electrons. The SMILES string of the molecule is CSc1ccc(CC(=O)N[C@H](Cc2cc(F)cc(F)c2)[C@H](O)CNC(C)CO)cc1. The topological polar surface area (TPSA) is 81.6 Å². The van der Waals surface area contributed by atoms with Crippen LogP contribution in [0.25, 0.3) is 0 Å². The molecule has 0 spiro atoms. The lowest BCUT2D eigenvalue weighted by molar-refractivity contribution is -0.122. The molecule has 8 heteroatoms. The lowest BCUT2D eigenvalue weighted by Gasteiger charge is -2.26. The van der Waals surface area contributed by atoms with Crippen molar-refractivity contribution in [3.8, 4) is 0 Å². The average molecular weight is 439 g/mol. The minimum atomic E-state index is -1.02. The number of thioether (sulfide) groups is 1. The van der Waals surface area contributed by atoms with Crippen molar-refractivity contribution < 1.29 is 23.8 Å². The van der Waals surface area contributed by atoms with Gasteiger partial charge in [-0.3, -0.25) is 4.79 Å². The van der Waals surface area contributed by atoms with Gasteiger partial charge in [-0.15, -0.1) is 11.8 Å². The van der Waals surface area contributed by atoms with E-state index >= 15 is 0 Å². The van der Waals surface area contributed by atoms with Crippen molar-refractivity contribution in [3.63, 3.8) is 0 Å². The Bertz CT molecular complexity index is 800. The van der Waals surface area contributed by atoms with Crippen LogP contribution >= 0.6 is 11.8 Å². The van der Waals surface area contributed by atoms with Crippen LogP contribution in [0, 0.1) is 11.6 Å². The first-order valence-electron chi connectivity index (χ1n) is 9.70. The predicted molar refractivity (Wildman–Crippen MR) is 114 cm³/mol. The second kappa shape index (κ2) is 12.0. The molecule has 0 aliphatic rings. The number of aliphatic hydroxyl groups is 2. The molecule has 0 fully saturated rings. The summed E-state index contributed by atoms with van der Waals surface area (Å²) in [5.41, 5.74) is 1.15. The van der Waals surface area contributed by atoms with E-state index in [4.69, 9.17) is 5.11 Å². The van der Waals surface area contributed by atoms with Gasteiger partial charge in [0, 0.05) is 23.5 Å². The first-order valence-corrected chi connectivity index (χ1v) is 10.9. The van der Waals surface area contributed by atoms with Gasteiger partial charge in [-0.1, -0.05) is 12.1 Å². The van der Waals surface area contributed by atoms with Crippen LogP contribution in [-0.2, 0) is 17.6 Å². The van der Waals surface area contributed by atoms with Crippen LogP contribution in [0.4, 0.5) is 8.78 Å². The fourth-order valence-corrected chi connectivity index (χ4v) is 3.39. The van der Waals surface area contributed by atoms with Gasteiger partial charge in [-0.05, 0) is 55.0 Å². The Morgan fingerprint density at radius 2 is 1.73 bits per heavy atom. The second-order valence-corrected chi connectivity index (χ2v) is 8.12. The van der Waals surface area contributed by atoms with Crippen molar-refractivity contribution in [2.75, 3.05) is 19.4 Å². The van der Waals surface area contributed by atoms with Crippen LogP contribution in [0.15, 0.2) is 47.4 Å². The molecule has 0 saturated heterocycles. The summed E-state index contributed by atoms with van der Waals surface area (Å²) in [5.74, 6) is -1.74. The van der Waals surface area contributed by atoms with E-state index in [0.29, 0.717) is 5.56 Å². The fraction of sp³-hybridized carbons (Fsp3) is 0.409. The fourth-order valence-electron chi connectivity index (χ4n) is 2.98. The van der Waals surface area contributed by atoms with E-state index in [1.54, 1.807) is 18.7 Å². The minimum absolute atomic E-state index is 0.0577. The Balaban J connectivity index is 2.09. The maximum atomic E-state index is 13.6. The molecule has 0 saturated carbocycles. The number of carbonyl (C=O) groups excluding carboxylic acids is 1. The number of nitrogens with one attached hydrogen (secondary N) is 2. The van der Waals surface area contributed by atoms with E-state index in [1.165, 1.54) is 12.1 Å². The van der Waals surface area contributed by atoms with Gasteiger partial charge in [0.1, 0.15) is 11.6 Å². The molecule has 2 rings (SSSR count). The van der Waals surface area contributed by atoms with E-state index in [9.17, 15) is 18.7 Å². The molecule has 2 aromatic carbocycles. The molecule has 0 aromatic heterocycles. The van der Waals surface area contributed by atoms with Gasteiger partial charge in [0.15, 0.2) is 0 Å². The number of rotatable bonds is 11. The van der Waals surface area contributed by atoms with Crippen molar-refractivity contribution in [2.45, 2.75) is 42.8 Å². The average Bonchev–Trinajstić information content (AvgIpc) is 2.71. The summed E-state index contributed by atoms with van der Waals surface area (Å²) in [4.78, 5) is 13.7. The normalized spacial score (nSPS) is 14.2. The van der Waals surface area contributed by atoms with Crippen molar-refractivity contribution in [3.05, 3.63) is 65.2 Å². The maximum absolute atomic E-state index is 13.6. The smallest absolute Gasteiger partial charge is 0.224 e. The lowest BCUT2D eigenvalue weighted by Crippen LogP contribution is -2.50. The third kappa shape index (κ3) is 8.02. The zero-order valence-electron chi connectivity index (χ0n) is 17.1. The van der Waals surface area contributed by atoms with Crippen LogP contribution in [0.1, 0.15) is 18.1 Å². The van der Waals surface area contributed by atoms with Crippen LogP contribution in [0.5, 0.6) is 0 Å². The van der Waals surface area contributed by atoms with Crippen molar-refractivity contribution in [1.82, 2.24) is 10.6 Å². The highest BCUT2D eigenvalue weighted by Gasteiger charge is 2.23. The Morgan fingerprint density at radius 1 is 1.10 bits per heavy atom. The number of aliphatic hydroxyl groups excluding tert-OH is 2. The molecule has 0 aliphatic heterocycles. The minimum Gasteiger partial charge on any atom is -0.395 e. The van der Waals surface area contributed by atoms with Crippen LogP contribution in [-0.4, -0.2) is 53.7 Å². The number of benzene rings is 2. The number of halogens is 2. The molecular formula is C22H28F2N2O3S. The summed E-state index contributed by atoms with van der Waals surface area (Å²) in [6, 6.07) is 9.72. The molecule has 1 amide bonds. The molecule has 0 bridgehead atoms. The molecule has 5 nitrogen and oxygen atoms in total. The van der Waals surface area contributed by atoms with E-state index in [1.807, 2.05) is 30.5 Å². The third-order valence-corrected chi connectivity index (χ3v) is 5.41. The standard InChI is InChI=1S/C22H28F2N2O3S/c1-14(13-27)25-12-21(28)20(9-16-7-17(23)11-18(24)8-16)26-22(29)10-15-3-5-19(30-2)6-4-15/h3-8,11,14,20-21,25,27-28H,9-10,12-13H2,1-2H3,(H,26,29)/t14?,20-,21-/m1/s1. The van der Waals surface area contributed by atoms with Gasteiger partial charge in [0.2, 0.25) is 5.91 Å². The summed E-state index contributed by atoms with van der Waals surface area (Å²) in [5, 5.41) is 25.5. The Kier molecular flexibility index (Phi) is 9.71. The van der Waals surface area contributed by atoms with Crippen LogP contribution in [0.2, 0.25) is 0 Å². The summed E-state index contributed by atoms with van der Waals surface area (Å²) in [7, 11) is 0. The quantitative estimate of drug-likeness (QED) is 0.405. The first kappa shape index (κ1) is 24.3. The molecule has 3 atom stereocenters. The molecule has 30 heavy (non-hydrogen) atoms. The van der Waals surface area contributed by atoms with Gasteiger partial charge in [-0.2, -0.15) is 0 Å². The van der Waals surface area contributed by atoms with Crippen LogP contribution < -0.4 is 10.6 Å². The van der Waals surface area contributed by atoms with Gasteiger partial charge in [0.25, 0.3) is 0 Å². The molecular weight excluding hydrogens is 410 g/mol. The van der Waals surface area contributed by atoms with Crippen molar-refractivity contribution in [1.29, 1.82) is 0 Å². The van der Waals surface area contributed by atoms with Gasteiger partial charge in [-0.25, -0.2) is 8.78 Å². The van der Waals surface area contributed by atoms with Gasteiger partial charge >= 0.3 is 0 Å². The third-order valence-electron chi connectivity index (χ3n) is 4.66. The number of amides is 1. The predicted octanol–water partition coefficient (Wildman–Crippen LogP) is 2.29. The zero-order valence-corrected chi connectivity index (χ0v) is 17.9. The molecule has 2 aromatic rings. The summed E-state index contributed by atoms with van der Waals surface area (Å²) >= 11 is 1.60. The number of carbonyl (C=O) groups is 1. The van der Waals surface area contributed by atoms with Crippen LogP contribution in [0.3, 0.4) is 0 Å². The summed E-state index contributed by atoms with van der Waals surface area (Å²) < 4.78 is 27.1. The summed E-state index contributed by atoms with van der Waals surface area (Å²) in [6.45, 7) is 1.75. The first-order chi connectivity index (χ1) is 14.3. The van der Waals surface area contributed by atoms with E-state index < -0.39 is 23.8 Å². The van der Waals surface area contributed by atoms with Gasteiger partial charge < -0.3 is 20.8 Å². The highest BCUT2D eigenvalue weighted by molar-refractivity contribution is 7.98.